The van der Waals surface area contributed by atoms with Crippen LogP contribution < -0.4 is 10.6 Å². The minimum Gasteiger partial charge on any atom is -0.444 e. The first kappa shape index (κ1) is 20.9. The van der Waals surface area contributed by atoms with Crippen LogP contribution in [0.2, 0.25) is 0 Å². The predicted molar refractivity (Wildman–Crippen MR) is 116 cm³/mol. The quantitative estimate of drug-likeness (QED) is 0.546. The van der Waals surface area contributed by atoms with Crippen molar-refractivity contribution in [3.8, 4) is 0 Å². The second-order valence-electron chi connectivity index (χ2n) is 7.56. The van der Waals surface area contributed by atoms with Gasteiger partial charge in [0.1, 0.15) is 5.76 Å². The molecule has 0 aliphatic carbocycles. The molecular weight excluding hydrogens is 370 g/mol. The number of nitrogens with zero attached hydrogens (tertiary/aromatic N) is 3. The second-order valence-corrected chi connectivity index (χ2v) is 8.93. The van der Waals surface area contributed by atoms with E-state index in [1.165, 1.54) is 22.6 Å². The Morgan fingerprint density at radius 1 is 1.25 bits per heavy atom. The number of oxazole rings is 1. The van der Waals surface area contributed by atoms with Crippen LogP contribution in [0.25, 0.3) is 0 Å². The number of thiophene rings is 1. The van der Waals surface area contributed by atoms with Gasteiger partial charge in [-0.25, -0.2) is 9.98 Å². The van der Waals surface area contributed by atoms with Crippen molar-refractivity contribution in [1.82, 2.24) is 20.5 Å². The summed E-state index contributed by atoms with van der Waals surface area (Å²) in [7, 11) is 0. The fraction of sp³-hybridized carbons (Fsp3) is 0.619. The number of nitrogens with one attached hydrogen (secondary N) is 2. The monoisotopic (exact) mass is 403 g/mol. The maximum Gasteiger partial charge on any atom is 0.208 e. The lowest BCUT2D eigenvalue weighted by atomic mass is 9.97. The van der Waals surface area contributed by atoms with Crippen molar-refractivity contribution in [1.29, 1.82) is 0 Å². The molecule has 7 heteroatoms. The zero-order chi connectivity index (χ0) is 19.9. The number of aromatic nitrogens is 1. The van der Waals surface area contributed by atoms with Crippen molar-refractivity contribution in [3.05, 3.63) is 39.2 Å². The van der Waals surface area contributed by atoms with Gasteiger partial charge in [0.25, 0.3) is 0 Å². The van der Waals surface area contributed by atoms with E-state index >= 15 is 0 Å². The van der Waals surface area contributed by atoms with Crippen LogP contribution in [0.15, 0.2) is 21.5 Å². The molecule has 0 radical (unpaired) electrons. The van der Waals surface area contributed by atoms with Gasteiger partial charge in [-0.1, -0.05) is 0 Å². The van der Waals surface area contributed by atoms with Gasteiger partial charge in [0, 0.05) is 22.8 Å². The topological polar surface area (TPSA) is 65.7 Å². The Morgan fingerprint density at radius 3 is 2.64 bits per heavy atom. The van der Waals surface area contributed by atoms with Gasteiger partial charge in [-0.15, -0.1) is 11.3 Å². The Labute approximate surface area is 172 Å². The summed E-state index contributed by atoms with van der Waals surface area (Å²) in [5.41, 5.74) is 1.00. The number of rotatable bonds is 7. The summed E-state index contributed by atoms with van der Waals surface area (Å²) in [6.07, 6.45) is 2.38. The molecule has 2 aromatic heterocycles. The van der Waals surface area contributed by atoms with E-state index in [1.807, 2.05) is 25.2 Å². The molecule has 0 amide bonds. The molecule has 154 valence electrons. The molecular formula is C21H33N5OS. The molecule has 3 rings (SSSR count). The van der Waals surface area contributed by atoms with Gasteiger partial charge in [-0.2, -0.15) is 0 Å². The van der Waals surface area contributed by atoms with E-state index in [2.05, 4.69) is 46.5 Å². The van der Waals surface area contributed by atoms with Gasteiger partial charge in [0.05, 0.1) is 18.8 Å². The summed E-state index contributed by atoms with van der Waals surface area (Å²) in [5, 5.41) is 6.90. The van der Waals surface area contributed by atoms with Gasteiger partial charge in [0.2, 0.25) is 5.89 Å². The van der Waals surface area contributed by atoms with E-state index < -0.39 is 0 Å². The lowest BCUT2D eigenvalue weighted by molar-refractivity contribution is 0.164. The molecule has 0 bridgehead atoms. The van der Waals surface area contributed by atoms with Gasteiger partial charge in [-0.05, 0) is 71.7 Å². The number of likely N-dealkylation sites (tertiary alicyclic amines) is 1. The molecule has 0 unspecified atom stereocenters. The Morgan fingerprint density at radius 2 is 2.04 bits per heavy atom. The fourth-order valence-corrected chi connectivity index (χ4v) is 4.27. The molecule has 0 atom stereocenters. The van der Waals surface area contributed by atoms with Crippen LogP contribution in [0.1, 0.15) is 46.9 Å². The summed E-state index contributed by atoms with van der Waals surface area (Å²) in [4.78, 5) is 14.3. The lowest BCUT2D eigenvalue weighted by Gasteiger charge is -2.31. The molecule has 1 aliphatic heterocycles. The van der Waals surface area contributed by atoms with Crippen LogP contribution in [0.3, 0.4) is 0 Å². The summed E-state index contributed by atoms with van der Waals surface area (Å²) in [5.74, 6) is 3.37. The molecule has 6 nitrogen and oxygen atoms in total. The van der Waals surface area contributed by atoms with E-state index in [4.69, 9.17) is 9.41 Å². The minimum atomic E-state index is 0.678. The van der Waals surface area contributed by atoms with Crippen molar-refractivity contribution in [2.75, 3.05) is 26.2 Å². The zero-order valence-electron chi connectivity index (χ0n) is 17.5. The highest BCUT2D eigenvalue weighted by Gasteiger charge is 2.21. The summed E-state index contributed by atoms with van der Waals surface area (Å²) in [6.45, 7) is 13.8. The number of hydrogen-bond donors (Lipinski definition) is 2. The van der Waals surface area contributed by atoms with Gasteiger partial charge in [0.15, 0.2) is 5.96 Å². The highest BCUT2D eigenvalue weighted by molar-refractivity contribution is 7.11. The average Bonchev–Trinajstić information content (AvgIpc) is 3.23. The standard InChI is InChI=1S/C21H33N5OS/c1-5-22-21(24-13-19-7-6-15(2)28-19)23-12-18-8-10-26(11-9-18)14-20-25-16(3)17(4)27-20/h6-7,18H,5,8-14H2,1-4H3,(H2,22,23,24). The van der Waals surface area contributed by atoms with E-state index in [1.54, 1.807) is 0 Å². The Kier molecular flexibility index (Phi) is 7.50. The average molecular weight is 404 g/mol. The van der Waals surface area contributed by atoms with E-state index in [0.717, 1.165) is 62.6 Å². The molecule has 0 aromatic carbocycles. The molecule has 28 heavy (non-hydrogen) atoms. The van der Waals surface area contributed by atoms with Gasteiger partial charge >= 0.3 is 0 Å². The molecule has 1 aliphatic rings. The smallest absolute Gasteiger partial charge is 0.208 e. The molecule has 2 N–H and O–H groups in total. The zero-order valence-corrected chi connectivity index (χ0v) is 18.4. The number of hydrogen-bond acceptors (Lipinski definition) is 5. The van der Waals surface area contributed by atoms with E-state index in [0.29, 0.717) is 5.92 Å². The van der Waals surface area contributed by atoms with Crippen LogP contribution in [0.5, 0.6) is 0 Å². The highest BCUT2D eigenvalue weighted by Crippen LogP contribution is 2.19. The first-order valence-electron chi connectivity index (χ1n) is 10.3. The minimum absolute atomic E-state index is 0.678. The maximum absolute atomic E-state index is 5.73. The molecule has 1 saturated heterocycles. The van der Waals surface area contributed by atoms with E-state index in [-0.39, 0.29) is 0 Å². The normalized spacial score (nSPS) is 16.5. The van der Waals surface area contributed by atoms with Crippen molar-refractivity contribution in [2.45, 2.75) is 53.6 Å². The Balaban J connectivity index is 1.42. The molecule has 2 aromatic rings. The number of aliphatic imine (C=N–C) groups is 1. The van der Waals surface area contributed by atoms with Crippen LogP contribution in [-0.4, -0.2) is 42.0 Å². The molecule has 0 spiro atoms. The van der Waals surface area contributed by atoms with Crippen molar-refractivity contribution in [3.63, 3.8) is 0 Å². The van der Waals surface area contributed by atoms with Gasteiger partial charge < -0.3 is 15.1 Å². The largest absolute Gasteiger partial charge is 0.444 e. The van der Waals surface area contributed by atoms with E-state index in [9.17, 15) is 0 Å². The highest BCUT2D eigenvalue weighted by atomic mass is 32.1. The third-order valence-electron chi connectivity index (χ3n) is 5.23. The molecule has 0 saturated carbocycles. The predicted octanol–water partition coefficient (Wildman–Crippen LogP) is 3.63. The van der Waals surface area contributed by atoms with Gasteiger partial charge in [-0.3, -0.25) is 4.90 Å². The Bertz CT molecular complexity index is 754. The summed E-state index contributed by atoms with van der Waals surface area (Å²) >= 11 is 1.82. The summed E-state index contributed by atoms with van der Waals surface area (Å²) < 4.78 is 5.73. The SMILES string of the molecule is CCNC(=NCc1ccc(C)s1)NCC1CCN(Cc2nc(C)c(C)o2)CC1. The third kappa shape index (κ3) is 6.07. The van der Waals surface area contributed by atoms with Crippen LogP contribution >= 0.6 is 11.3 Å². The van der Waals surface area contributed by atoms with Crippen LogP contribution in [0, 0.1) is 26.7 Å². The number of guanidine groups is 1. The third-order valence-corrected chi connectivity index (χ3v) is 6.22. The van der Waals surface area contributed by atoms with Crippen LogP contribution in [-0.2, 0) is 13.1 Å². The number of aryl methyl sites for hydroxylation is 3. The number of piperidine rings is 1. The Hall–Kier alpha value is -1.86. The molecule has 3 heterocycles. The lowest BCUT2D eigenvalue weighted by Crippen LogP contribution is -2.42. The first-order valence-corrected chi connectivity index (χ1v) is 11.1. The van der Waals surface area contributed by atoms with Crippen molar-refractivity contribution < 1.29 is 4.42 Å². The summed E-state index contributed by atoms with van der Waals surface area (Å²) in [6, 6.07) is 4.32. The fourth-order valence-electron chi connectivity index (χ4n) is 3.46. The van der Waals surface area contributed by atoms with Crippen LogP contribution in [0.4, 0.5) is 0 Å². The second kappa shape index (κ2) is 10.1. The maximum atomic E-state index is 5.73. The van der Waals surface area contributed by atoms with Crippen molar-refractivity contribution in [2.24, 2.45) is 10.9 Å². The first-order chi connectivity index (χ1) is 13.5. The molecule has 1 fully saturated rings. The van der Waals surface area contributed by atoms with Crippen molar-refractivity contribution >= 4 is 17.3 Å².